The van der Waals surface area contributed by atoms with Gasteiger partial charge in [-0.15, -0.1) is 0 Å². The van der Waals surface area contributed by atoms with E-state index in [9.17, 15) is 9.90 Å². The molecule has 0 aliphatic carbocycles. The topological polar surface area (TPSA) is 64.9 Å². The highest BCUT2D eigenvalue weighted by molar-refractivity contribution is 5.84. The molecule has 0 bridgehead atoms. The Bertz CT molecular complexity index is 988. The second-order valence-electron chi connectivity index (χ2n) is 7.16. The van der Waals surface area contributed by atoms with Gasteiger partial charge in [0.25, 0.3) is 0 Å². The maximum absolute atomic E-state index is 13.0. The van der Waals surface area contributed by atoms with Crippen LogP contribution in [0.1, 0.15) is 40.4 Å². The molecule has 1 heterocycles. The average molecular weight is 385 g/mol. The molecular weight excluding hydrogens is 362 g/mol. The van der Waals surface area contributed by atoms with Gasteiger partial charge in [-0.1, -0.05) is 90.5 Å². The molecule has 3 aromatic rings. The summed E-state index contributed by atoms with van der Waals surface area (Å²) in [7, 11) is 0. The van der Waals surface area contributed by atoms with Gasteiger partial charge in [0.05, 0.1) is 12.3 Å². The maximum atomic E-state index is 13.0. The smallest absolute Gasteiger partial charge is 0.339 e. The number of rotatable bonds is 5. The Morgan fingerprint density at radius 2 is 1.48 bits per heavy atom. The Kier molecular flexibility index (Phi) is 5.40. The molecule has 0 saturated carbocycles. The van der Waals surface area contributed by atoms with Crippen molar-refractivity contribution in [3.63, 3.8) is 0 Å². The number of nitrogens with one attached hydrogen (secondary N) is 1. The molecule has 3 unspecified atom stereocenters. The second-order valence-corrected chi connectivity index (χ2v) is 7.16. The minimum Gasteiger partial charge on any atom is -0.386 e. The third-order valence-electron chi connectivity index (χ3n) is 5.11. The maximum Gasteiger partial charge on any atom is 0.339 e. The first kappa shape index (κ1) is 18.9. The van der Waals surface area contributed by atoms with Crippen molar-refractivity contribution in [3.8, 4) is 0 Å². The summed E-state index contributed by atoms with van der Waals surface area (Å²) in [6.07, 6.45) is 0.789. The van der Waals surface area contributed by atoms with Crippen LogP contribution in [-0.4, -0.2) is 22.4 Å². The van der Waals surface area contributed by atoms with Gasteiger partial charge in [0.2, 0.25) is 0 Å². The summed E-state index contributed by atoms with van der Waals surface area (Å²) in [5.41, 5.74) is 3.66. The molecule has 1 aliphatic rings. The lowest BCUT2D eigenvalue weighted by atomic mass is 9.95. The molecule has 2 amide bonds. The van der Waals surface area contributed by atoms with E-state index in [0.717, 1.165) is 22.3 Å². The molecule has 29 heavy (non-hydrogen) atoms. The summed E-state index contributed by atoms with van der Waals surface area (Å²) in [5, 5.41) is 19.9. The molecule has 0 spiro atoms. The van der Waals surface area contributed by atoms with Crippen LogP contribution in [0.2, 0.25) is 0 Å². The molecule has 3 atom stereocenters. The third-order valence-corrected chi connectivity index (χ3v) is 5.11. The number of carbonyl (C=O) groups is 1. The Balaban J connectivity index is 1.67. The van der Waals surface area contributed by atoms with Gasteiger partial charge >= 0.3 is 6.03 Å². The lowest BCUT2D eigenvalue weighted by molar-refractivity contribution is 0.0633. The van der Waals surface area contributed by atoms with Crippen LogP contribution in [0.5, 0.6) is 0 Å². The van der Waals surface area contributed by atoms with Crippen molar-refractivity contribution in [2.45, 2.75) is 25.1 Å². The molecule has 2 N–H and O–H groups in total. The Hall–Kier alpha value is -3.44. The largest absolute Gasteiger partial charge is 0.386 e. The molecule has 0 fully saturated rings. The zero-order valence-electron chi connectivity index (χ0n) is 16.1. The van der Waals surface area contributed by atoms with E-state index < -0.39 is 12.1 Å². The van der Waals surface area contributed by atoms with Gasteiger partial charge in [-0.2, -0.15) is 5.10 Å². The van der Waals surface area contributed by atoms with E-state index in [-0.39, 0.29) is 12.1 Å². The number of aliphatic hydroxyl groups excluding tert-OH is 1. The van der Waals surface area contributed by atoms with Gasteiger partial charge in [0.1, 0.15) is 12.1 Å². The number of urea groups is 1. The van der Waals surface area contributed by atoms with Crippen molar-refractivity contribution in [1.29, 1.82) is 0 Å². The lowest BCUT2D eigenvalue weighted by Crippen LogP contribution is -2.46. The normalized spacial score (nSPS) is 18.2. The van der Waals surface area contributed by atoms with E-state index in [0.29, 0.717) is 0 Å². The van der Waals surface area contributed by atoms with Crippen LogP contribution in [0.4, 0.5) is 4.79 Å². The molecule has 0 radical (unpaired) electrons. The summed E-state index contributed by atoms with van der Waals surface area (Å²) < 4.78 is 0. The highest BCUT2D eigenvalue weighted by Gasteiger charge is 2.35. The first-order valence-corrected chi connectivity index (χ1v) is 9.62. The number of aliphatic hydroxyl groups is 1. The number of hydrogen-bond acceptors (Lipinski definition) is 3. The second kappa shape index (κ2) is 8.29. The fourth-order valence-corrected chi connectivity index (χ4v) is 3.51. The predicted molar refractivity (Wildman–Crippen MR) is 113 cm³/mol. The summed E-state index contributed by atoms with van der Waals surface area (Å²) in [4.78, 5) is 13.0. The van der Waals surface area contributed by atoms with Gasteiger partial charge in [-0.3, -0.25) is 0 Å². The molecule has 146 valence electrons. The first-order chi connectivity index (χ1) is 14.1. The molecule has 3 aromatic carbocycles. The van der Waals surface area contributed by atoms with E-state index >= 15 is 0 Å². The van der Waals surface area contributed by atoms with Gasteiger partial charge in [-0.05, 0) is 23.6 Å². The van der Waals surface area contributed by atoms with Gasteiger partial charge in [-0.25, -0.2) is 9.80 Å². The van der Waals surface area contributed by atoms with Crippen molar-refractivity contribution >= 4 is 12.2 Å². The molecular formula is C24H23N3O2. The zero-order chi connectivity index (χ0) is 20.2. The van der Waals surface area contributed by atoms with Crippen molar-refractivity contribution in [2.75, 3.05) is 0 Å². The number of carbonyl (C=O) groups excluding carboxylic acids is 1. The highest BCUT2D eigenvalue weighted by Crippen LogP contribution is 2.35. The quantitative estimate of drug-likeness (QED) is 0.678. The van der Waals surface area contributed by atoms with Gasteiger partial charge in [0, 0.05) is 0 Å². The van der Waals surface area contributed by atoms with Crippen molar-refractivity contribution in [1.82, 2.24) is 10.3 Å². The van der Waals surface area contributed by atoms with E-state index in [4.69, 9.17) is 0 Å². The van der Waals surface area contributed by atoms with Crippen molar-refractivity contribution < 1.29 is 9.90 Å². The molecule has 5 heteroatoms. The Morgan fingerprint density at radius 3 is 2.07 bits per heavy atom. The van der Waals surface area contributed by atoms with Crippen LogP contribution >= 0.6 is 0 Å². The fraction of sp³-hybridized carbons (Fsp3) is 0.167. The number of nitrogens with zero attached hydrogens (tertiary/aromatic N) is 2. The molecule has 0 aromatic heterocycles. The van der Waals surface area contributed by atoms with Crippen LogP contribution < -0.4 is 5.32 Å². The average Bonchev–Trinajstić information content (AvgIpc) is 2.77. The summed E-state index contributed by atoms with van der Waals surface area (Å²) in [6, 6.07) is 25.5. The number of hydrogen-bond donors (Lipinski definition) is 2. The predicted octanol–water partition coefficient (Wildman–Crippen LogP) is 4.52. The van der Waals surface area contributed by atoms with E-state index in [1.165, 1.54) is 5.01 Å². The standard InChI is InChI=1S/C24H23N3O2/c1-17-12-14-18(15-13-17)21-16-25-27(24(29)26-21)22(19-8-4-2-5-9-19)23(28)20-10-6-3-7-11-20/h2-16,21-23,28H,1H3,(H,26,29). The molecule has 4 rings (SSSR count). The molecule has 0 saturated heterocycles. The van der Waals surface area contributed by atoms with Gasteiger partial charge < -0.3 is 10.4 Å². The van der Waals surface area contributed by atoms with Crippen LogP contribution in [-0.2, 0) is 0 Å². The minimum atomic E-state index is -0.919. The van der Waals surface area contributed by atoms with Crippen molar-refractivity contribution in [3.05, 3.63) is 107 Å². The Morgan fingerprint density at radius 1 is 0.897 bits per heavy atom. The fourth-order valence-electron chi connectivity index (χ4n) is 3.51. The Labute approximate surface area is 170 Å². The number of amides is 2. The summed E-state index contributed by atoms with van der Waals surface area (Å²) >= 11 is 0. The van der Waals surface area contributed by atoms with Crippen LogP contribution in [0.25, 0.3) is 0 Å². The monoisotopic (exact) mass is 385 g/mol. The van der Waals surface area contributed by atoms with Gasteiger partial charge in [0.15, 0.2) is 0 Å². The van der Waals surface area contributed by atoms with Crippen LogP contribution in [0, 0.1) is 6.92 Å². The van der Waals surface area contributed by atoms with E-state index in [1.54, 1.807) is 6.21 Å². The number of aryl methyl sites for hydroxylation is 1. The molecule has 1 aliphatic heterocycles. The van der Waals surface area contributed by atoms with E-state index in [1.807, 2.05) is 91.9 Å². The first-order valence-electron chi connectivity index (χ1n) is 9.62. The highest BCUT2D eigenvalue weighted by atomic mass is 16.3. The van der Waals surface area contributed by atoms with Crippen LogP contribution in [0.3, 0.4) is 0 Å². The summed E-state index contributed by atoms with van der Waals surface area (Å²) in [5.74, 6) is 0. The third kappa shape index (κ3) is 4.05. The molecule has 5 nitrogen and oxygen atoms in total. The zero-order valence-corrected chi connectivity index (χ0v) is 16.1. The number of benzene rings is 3. The van der Waals surface area contributed by atoms with Crippen LogP contribution in [0.15, 0.2) is 90.0 Å². The summed E-state index contributed by atoms with van der Waals surface area (Å²) in [6.45, 7) is 2.02. The minimum absolute atomic E-state index is 0.301. The van der Waals surface area contributed by atoms with Crippen molar-refractivity contribution in [2.24, 2.45) is 5.10 Å². The lowest BCUT2D eigenvalue weighted by Gasteiger charge is -2.35. The van der Waals surface area contributed by atoms with E-state index in [2.05, 4.69) is 10.4 Å². The SMILES string of the molecule is Cc1ccc(C2C=NN(C(c3ccccc3)C(O)c3ccccc3)C(=O)N2)cc1. The number of hydrazone groups is 1.